The maximum atomic E-state index is 11.1. The zero-order chi connectivity index (χ0) is 11.3. The lowest BCUT2D eigenvalue weighted by molar-refractivity contribution is 0.185. The van der Waals surface area contributed by atoms with Crippen molar-refractivity contribution in [1.29, 1.82) is 0 Å². The number of halogens is 2. The number of alkyl halides is 1. The van der Waals surface area contributed by atoms with Gasteiger partial charge in [-0.1, -0.05) is 11.6 Å². The van der Waals surface area contributed by atoms with Gasteiger partial charge in [0, 0.05) is 24.7 Å². The van der Waals surface area contributed by atoms with Crippen molar-refractivity contribution in [2.75, 3.05) is 12.4 Å². The van der Waals surface area contributed by atoms with E-state index in [1.54, 1.807) is 0 Å². The van der Waals surface area contributed by atoms with Crippen LogP contribution in [0.15, 0.2) is 23.3 Å². The summed E-state index contributed by atoms with van der Waals surface area (Å²) in [7, 11) is 0. The lowest BCUT2D eigenvalue weighted by Crippen LogP contribution is -2.24. The molecular formula is C8H9Cl2N3O2. The maximum Gasteiger partial charge on any atom is 0.341 e. The van der Waals surface area contributed by atoms with Crippen molar-refractivity contribution in [3.05, 3.63) is 28.8 Å². The van der Waals surface area contributed by atoms with Gasteiger partial charge in [0.1, 0.15) is 5.15 Å². The van der Waals surface area contributed by atoms with Gasteiger partial charge in [-0.05, 0) is 6.07 Å². The second kappa shape index (κ2) is 5.63. The molecule has 0 radical (unpaired) electrons. The molecule has 5 nitrogen and oxygen atoms in total. The number of carbonyl (C=O) groups is 1. The van der Waals surface area contributed by atoms with Crippen LogP contribution in [0.2, 0.25) is 5.15 Å². The summed E-state index contributed by atoms with van der Waals surface area (Å²) < 4.78 is 0.719. The number of rotatable bonds is 2. The van der Waals surface area contributed by atoms with E-state index in [0.29, 0.717) is 17.8 Å². The largest absolute Gasteiger partial charge is 0.428 e. The Morgan fingerprint density at radius 1 is 1.67 bits per heavy atom. The Morgan fingerprint density at radius 3 is 3.00 bits per heavy atom. The molecule has 0 bridgehead atoms. The third kappa shape index (κ3) is 3.81. The van der Waals surface area contributed by atoms with Crippen molar-refractivity contribution < 1.29 is 10.0 Å². The van der Waals surface area contributed by atoms with Crippen molar-refractivity contribution in [1.82, 2.24) is 10.0 Å². The van der Waals surface area contributed by atoms with Crippen LogP contribution in [0.3, 0.4) is 0 Å². The van der Waals surface area contributed by atoms with Crippen LogP contribution < -0.4 is 10.7 Å². The highest BCUT2D eigenvalue weighted by Crippen LogP contribution is 2.00. The molecule has 0 fully saturated rings. The number of urea groups is 1. The van der Waals surface area contributed by atoms with Crippen LogP contribution in [0.1, 0.15) is 0 Å². The van der Waals surface area contributed by atoms with Crippen molar-refractivity contribution in [2.45, 2.75) is 0 Å². The summed E-state index contributed by atoms with van der Waals surface area (Å²) in [5, 5.41) is 11.9. The molecule has 7 heteroatoms. The Hall–Kier alpha value is -1.20. The molecule has 0 aliphatic heterocycles. The van der Waals surface area contributed by atoms with E-state index in [9.17, 15) is 4.79 Å². The summed E-state index contributed by atoms with van der Waals surface area (Å²) in [6, 6.07) is 2.32. The Bertz CT molecular complexity index is 417. The van der Waals surface area contributed by atoms with Crippen molar-refractivity contribution in [3.63, 3.8) is 0 Å². The van der Waals surface area contributed by atoms with Gasteiger partial charge in [0.2, 0.25) is 0 Å². The zero-order valence-electron chi connectivity index (χ0n) is 7.65. The number of hydrogen-bond acceptors (Lipinski definition) is 2. The molecule has 1 aromatic heterocycles. The van der Waals surface area contributed by atoms with E-state index in [1.807, 2.05) is 0 Å². The number of nitrogens with one attached hydrogen (secondary N) is 1. The van der Waals surface area contributed by atoms with Gasteiger partial charge in [-0.2, -0.15) is 9.72 Å². The summed E-state index contributed by atoms with van der Waals surface area (Å²) in [5.41, 5.74) is 0. The fraction of sp³-hybridized carbons (Fsp3) is 0.250. The van der Waals surface area contributed by atoms with Crippen molar-refractivity contribution in [3.8, 4) is 0 Å². The molecule has 0 aliphatic carbocycles. The zero-order valence-corrected chi connectivity index (χ0v) is 9.16. The minimum Gasteiger partial charge on any atom is -0.428 e. The maximum absolute atomic E-state index is 11.1. The molecule has 2 amide bonds. The molecule has 2 N–H and O–H groups in total. The van der Waals surface area contributed by atoms with Gasteiger partial charge in [0.25, 0.3) is 0 Å². The van der Waals surface area contributed by atoms with Crippen molar-refractivity contribution >= 4 is 29.2 Å². The Labute approximate surface area is 95.9 Å². The first-order valence-corrected chi connectivity index (χ1v) is 5.00. The van der Waals surface area contributed by atoms with E-state index < -0.39 is 6.03 Å². The van der Waals surface area contributed by atoms with Crippen LogP contribution in [-0.2, 0) is 0 Å². The van der Waals surface area contributed by atoms with Crippen LogP contribution >= 0.6 is 23.2 Å². The predicted octanol–water partition coefficient (Wildman–Crippen LogP) is 1.23. The van der Waals surface area contributed by atoms with Gasteiger partial charge < -0.3 is 10.5 Å². The molecule has 0 spiro atoms. The summed E-state index contributed by atoms with van der Waals surface area (Å²) in [4.78, 5) is 14.8. The van der Waals surface area contributed by atoms with E-state index in [4.69, 9.17) is 28.4 Å². The molecule has 0 unspecified atom stereocenters. The number of hydrogen-bond donors (Lipinski definition) is 2. The van der Waals surface area contributed by atoms with E-state index in [2.05, 4.69) is 10.3 Å². The molecule has 0 saturated carbocycles. The van der Waals surface area contributed by atoms with Gasteiger partial charge in [-0.15, -0.1) is 11.6 Å². The van der Waals surface area contributed by atoms with Crippen LogP contribution in [0.5, 0.6) is 0 Å². The first-order chi connectivity index (χ1) is 7.13. The van der Waals surface area contributed by atoms with E-state index in [0.717, 1.165) is 4.73 Å². The quantitative estimate of drug-likeness (QED) is 0.471. The molecule has 0 saturated heterocycles. The van der Waals surface area contributed by atoms with E-state index in [1.165, 1.54) is 18.3 Å². The molecular weight excluding hydrogens is 241 g/mol. The number of pyridine rings is 1. The van der Waals surface area contributed by atoms with Gasteiger partial charge >= 0.3 is 6.03 Å². The second-order valence-electron chi connectivity index (χ2n) is 2.58. The molecule has 0 aromatic carbocycles. The fourth-order valence-corrected chi connectivity index (χ4v) is 1.10. The lowest BCUT2D eigenvalue weighted by Gasteiger charge is -1.99. The van der Waals surface area contributed by atoms with Crippen LogP contribution in [0.4, 0.5) is 4.79 Å². The smallest absolute Gasteiger partial charge is 0.341 e. The Kier molecular flexibility index (Phi) is 4.45. The molecule has 15 heavy (non-hydrogen) atoms. The number of carbonyl (C=O) groups excluding carboxylic acids is 1. The number of amides is 2. The predicted molar refractivity (Wildman–Crippen MR) is 56.3 cm³/mol. The molecule has 82 valence electrons. The average molecular weight is 250 g/mol. The summed E-state index contributed by atoms with van der Waals surface area (Å²) in [6.07, 6.45) is 1.29. The number of aromatic nitrogens is 1. The highest BCUT2D eigenvalue weighted by atomic mass is 35.5. The Morgan fingerprint density at radius 2 is 2.40 bits per heavy atom. The van der Waals surface area contributed by atoms with Crippen LogP contribution in [0, 0.1) is 0 Å². The lowest BCUT2D eigenvalue weighted by atomic mass is 10.5. The van der Waals surface area contributed by atoms with Crippen molar-refractivity contribution in [2.24, 2.45) is 4.99 Å². The molecule has 1 aromatic rings. The minimum absolute atomic E-state index is 0.0707. The fourth-order valence-electron chi connectivity index (χ4n) is 0.835. The first kappa shape index (κ1) is 11.9. The topological polar surface area (TPSA) is 66.6 Å². The summed E-state index contributed by atoms with van der Waals surface area (Å²) in [5.74, 6) is 0.327. The third-order valence-electron chi connectivity index (χ3n) is 1.47. The first-order valence-electron chi connectivity index (χ1n) is 4.09. The van der Waals surface area contributed by atoms with Gasteiger partial charge in [0.05, 0.1) is 5.36 Å². The van der Waals surface area contributed by atoms with Gasteiger partial charge in [-0.25, -0.2) is 4.79 Å². The normalized spacial score (nSPS) is 11.5. The molecule has 0 atom stereocenters. The second-order valence-corrected chi connectivity index (χ2v) is 3.35. The molecule has 1 rings (SSSR count). The summed E-state index contributed by atoms with van der Waals surface area (Å²) >= 11 is 11.0. The van der Waals surface area contributed by atoms with Crippen LogP contribution in [-0.4, -0.2) is 28.4 Å². The number of nitrogens with zero attached hydrogens (tertiary/aromatic N) is 2. The molecule has 1 heterocycles. The standard InChI is InChI=1S/C8H9Cl2N3O2/c9-2-3-11-8(14)12-6-1-4-13(15)7(10)5-6/h1,4-5,15H,2-3H2,(H,11,14). The molecule has 0 aliphatic rings. The van der Waals surface area contributed by atoms with Crippen LogP contribution in [0.25, 0.3) is 0 Å². The third-order valence-corrected chi connectivity index (χ3v) is 1.94. The van der Waals surface area contributed by atoms with E-state index in [-0.39, 0.29) is 5.15 Å². The summed E-state index contributed by atoms with van der Waals surface area (Å²) in [6.45, 7) is 0.352. The van der Waals surface area contributed by atoms with E-state index >= 15 is 0 Å². The Balaban J connectivity index is 2.81. The average Bonchev–Trinajstić information content (AvgIpc) is 2.20. The highest BCUT2D eigenvalue weighted by molar-refractivity contribution is 6.29. The highest BCUT2D eigenvalue weighted by Gasteiger charge is 1.97. The SMILES string of the molecule is O=C(N=c1ccn(O)c(Cl)c1)NCCCl. The monoisotopic (exact) mass is 249 g/mol. The van der Waals surface area contributed by atoms with Gasteiger partial charge in [0.15, 0.2) is 0 Å². The van der Waals surface area contributed by atoms with Gasteiger partial charge in [-0.3, -0.25) is 0 Å². The minimum atomic E-state index is -0.498.